The molecule has 1 aliphatic heterocycles. The van der Waals surface area contributed by atoms with E-state index in [4.69, 9.17) is 0 Å². The summed E-state index contributed by atoms with van der Waals surface area (Å²) in [6, 6.07) is 5.26. The van der Waals surface area contributed by atoms with Crippen LogP contribution in [0.25, 0.3) is 0 Å². The van der Waals surface area contributed by atoms with Crippen molar-refractivity contribution in [2.45, 2.75) is 59.4 Å². The van der Waals surface area contributed by atoms with Crippen molar-refractivity contribution >= 4 is 39.3 Å². The standard InChI is InChI=1S/C21H30BrN3O3/c1-14-7-8-15(22)12-16(14)24-18(26)9-10-23-20(28)17-6-5-11-25(17)19(27)13-21(2,3)4/h7-8,12,17H,5-6,9-11,13H2,1-4H3,(H,23,28)(H,24,26). The second-order valence-electron chi connectivity index (χ2n) is 8.53. The number of halogens is 1. The SMILES string of the molecule is Cc1ccc(Br)cc1NC(=O)CCNC(=O)C1CCCN1C(=O)CC(C)(C)C. The van der Waals surface area contributed by atoms with Crippen LogP contribution in [0, 0.1) is 12.3 Å². The molecule has 1 fully saturated rings. The first-order valence-electron chi connectivity index (χ1n) is 9.70. The van der Waals surface area contributed by atoms with E-state index in [9.17, 15) is 14.4 Å². The maximum atomic E-state index is 12.5. The Hall–Kier alpha value is -1.89. The molecule has 1 unspecified atom stereocenters. The third-order valence-corrected chi connectivity index (χ3v) is 5.18. The number of carbonyl (C=O) groups is 3. The van der Waals surface area contributed by atoms with Crippen molar-refractivity contribution in [2.24, 2.45) is 5.41 Å². The number of benzene rings is 1. The van der Waals surface area contributed by atoms with Gasteiger partial charge in [-0.2, -0.15) is 0 Å². The third-order valence-electron chi connectivity index (χ3n) is 4.68. The van der Waals surface area contributed by atoms with Crippen LogP contribution in [0.3, 0.4) is 0 Å². The number of likely N-dealkylation sites (tertiary alicyclic amines) is 1. The molecular formula is C21H30BrN3O3. The lowest BCUT2D eigenvalue weighted by molar-refractivity contribution is -0.139. The Morgan fingerprint density at radius 3 is 2.64 bits per heavy atom. The first-order valence-corrected chi connectivity index (χ1v) is 10.5. The summed E-state index contributed by atoms with van der Waals surface area (Å²) in [4.78, 5) is 38.9. The van der Waals surface area contributed by atoms with Crippen molar-refractivity contribution in [2.75, 3.05) is 18.4 Å². The van der Waals surface area contributed by atoms with Crippen LogP contribution in [-0.2, 0) is 14.4 Å². The Kier molecular flexibility index (Phi) is 7.63. The highest BCUT2D eigenvalue weighted by molar-refractivity contribution is 9.10. The summed E-state index contributed by atoms with van der Waals surface area (Å²) in [5.74, 6) is -0.312. The fraction of sp³-hybridized carbons (Fsp3) is 0.571. The highest BCUT2D eigenvalue weighted by Gasteiger charge is 2.35. The van der Waals surface area contributed by atoms with Crippen LogP contribution < -0.4 is 10.6 Å². The molecule has 1 saturated heterocycles. The van der Waals surface area contributed by atoms with E-state index in [2.05, 4.69) is 26.6 Å². The third kappa shape index (κ3) is 6.62. The first-order chi connectivity index (χ1) is 13.1. The van der Waals surface area contributed by atoms with Gasteiger partial charge in [0.1, 0.15) is 6.04 Å². The molecule has 1 aromatic carbocycles. The van der Waals surface area contributed by atoms with Gasteiger partial charge in [0, 0.05) is 36.1 Å². The molecule has 2 N–H and O–H groups in total. The Labute approximate surface area is 175 Å². The predicted octanol–water partition coefficient (Wildman–Crippen LogP) is 3.63. The Balaban J connectivity index is 1.82. The Morgan fingerprint density at radius 1 is 1.25 bits per heavy atom. The maximum absolute atomic E-state index is 12.5. The number of amides is 3. The largest absolute Gasteiger partial charge is 0.354 e. The summed E-state index contributed by atoms with van der Waals surface area (Å²) in [6.07, 6.45) is 2.10. The van der Waals surface area contributed by atoms with E-state index < -0.39 is 6.04 Å². The van der Waals surface area contributed by atoms with E-state index in [-0.39, 0.29) is 36.1 Å². The highest BCUT2D eigenvalue weighted by atomic mass is 79.9. The number of aryl methyl sites for hydroxylation is 1. The molecule has 2 rings (SSSR count). The normalized spacial score (nSPS) is 16.8. The molecular weight excluding hydrogens is 422 g/mol. The van der Waals surface area contributed by atoms with Crippen LogP contribution in [0.2, 0.25) is 0 Å². The molecule has 0 spiro atoms. The van der Waals surface area contributed by atoms with Gasteiger partial charge >= 0.3 is 0 Å². The van der Waals surface area contributed by atoms with Crippen LogP contribution in [0.4, 0.5) is 5.69 Å². The maximum Gasteiger partial charge on any atom is 0.242 e. The van der Waals surface area contributed by atoms with Gasteiger partial charge in [0.15, 0.2) is 0 Å². The number of nitrogens with one attached hydrogen (secondary N) is 2. The summed E-state index contributed by atoms with van der Waals surface area (Å²) in [5, 5.41) is 5.67. The molecule has 0 bridgehead atoms. The first kappa shape index (κ1) is 22.4. The van der Waals surface area contributed by atoms with E-state index in [0.29, 0.717) is 19.4 Å². The van der Waals surface area contributed by atoms with Crippen molar-refractivity contribution in [3.8, 4) is 0 Å². The molecule has 7 heteroatoms. The Morgan fingerprint density at radius 2 is 1.96 bits per heavy atom. The molecule has 0 saturated carbocycles. The molecule has 6 nitrogen and oxygen atoms in total. The van der Waals surface area contributed by atoms with Crippen molar-refractivity contribution in [3.05, 3.63) is 28.2 Å². The summed E-state index contributed by atoms with van der Waals surface area (Å²) in [7, 11) is 0. The van der Waals surface area contributed by atoms with E-state index in [1.54, 1.807) is 4.90 Å². The molecule has 0 aliphatic carbocycles. The zero-order valence-corrected chi connectivity index (χ0v) is 18.7. The zero-order valence-electron chi connectivity index (χ0n) is 17.1. The van der Waals surface area contributed by atoms with Crippen LogP contribution >= 0.6 is 15.9 Å². The minimum atomic E-state index is -0.426. The molecule has 1 heterocycles. The number of nitrogens with zero attached hydrogens (tertiary/aromatic N) is 1. The van der Waals surface area contributed by atoms with Crippen LogP contribution in [0.15, 0.2) is 22.7 Å². The summed E-state index contributed by atoms with van der Waals surface area (Å²) in [6.45, 7) is 8.84. The van der Waals surface area contributed by atoms with Crippen LogP contribution in [0.5, 0.6) is 0 Å². The minimum Gasteiger partial charge on any atom is -0.354 e. The molecule has 1 aromatic rings. The van der Waals surface area contributed by atoms with Crippen molar-refractivity contribution in [1.82, 2.24) is 10.2 Å². The molecule has 0 radical (unpaired) electrons. The molecule has 1 aliphatic rings. The van der Waals surface area contributed by atoms with E-state index >= 15 is 0 Å². The van der Waals surface area contributed by atoms with Gasteiger partial charge in [-0.3, -0.25) is 14.4 Å². The molecule has 154 valence electrons. The summed E-state index contributed by atoms with van der Waals surface area (Å²) >= 11 is 3.39. The lowest BCUT2D eigenvalue weighted by Gasteiger charge is -2.27. The molecule has 3 amide bonds. The quantitative estimate of drug-likeness (QED) is 0.692. The number of hydrogen-bond acceptors (Lipinski definition) is 3. The van der Waals surface area contributed by atoms with Crippen molar-refractivity contribution < 1.29 is 14.4 Å². The average Bonchev–Trinajstić information content (AvgIpc) is 3.06. The minimum absolute atomic E-state index is 0.0213. The molecule has 28 heavy (non-hydrogen) atoms. The van der Waals surface area contributed by atoms with Crippen LogP contribution in [-0.4, -0.2) is 41.8 Å². The second-order valence-corrected chi connectivity index (χ2v) is 9.45. The summed E-state index contributed by atoms with van der Waals surface area (Å²) < 4.78 is 0.892. The lowest BCUT2D eigenvalue weighted by Crippen LogP contribution is -2.47. The van der Waals surface area contributed by atoms with Gasteiger partial charge in [-0.05, 0) is 42.9 Å². The fourth-order valence-corrected chi connectivity index (χ4v) is 3.61. The van der Waals surface area contributed by atoms with Crippen LogP contribution in [0.1, 0.15) is 52.0 Å². The van der Waals surface area contributed by atoms with Gasteiger partial charge in [-0.25, -0.2) is 0 Å². The van der Waals surface area contributed by atoms with E-state index in [1.165, 1.54) is 0 Å². The van der Waals surface area contributed by atoms with Gasteiger partial charge in [-0.15, -0.1) is 0 Å². The number of anilines is 1. The smallest absolute Gasteiger partial charge is 0.242 e. The number of carbonyl (C=O) groups excluding carboxylic acids is 3. The monoisotopic (exact) mass is 451 g/mol. The Bertz CT molecular complexity index is 743. The fourth-order valence-electron chi connectivity index (χ4n) is 3.25. The van der Waals surface area contributed by atoms with Gasteiger partial charge in [0.2, 0.25) is 17.7 Å². The van der Waals surface area contributed by atoms with Crippen molar-refractivity contribution in [1.29, 1.82) is 0 Å². The topological polar surface area (TPSA) is 78.5 Å². The van der Waals surface area contributed by atoms with E-state index in [1.807, 2.05) is 45.9 Å². The number of rotatable bonds is 6. The summed E-state index contributed by atoms with van der Waals surface area (Å²) in [5.41, 5.74) is 1.61. The molecule has 1 atom stereocenters. The van der Waals surface area contributed by atoms with Gasteiger partial charge in [0.05, 0.1) is 0 Å². The zero-order chi connectivity index (χ0) is 20.9. The lowest BCUT2D eigenvalue weighted by atomic mass is 9.91. The van der Waals surface area contributed by atoms with Crippen molar-refractivity contribution in [3.63, 3.8) is 0 Å². The highest BCUT2D eigenvalue weighted by Crippen LogP contribution is 2.25. The van der Waals surface area contributed by atoms with Gasteiger partial charge in [0.25, 0.3) is 0 Å². The van der Waals surface area contributed by atoms with Gasteiger partial charge < -0.3 is 15.5 Å². The number of hydrogen-bond donors (Lipinski definition) is 2. The van der Waals surface area contributed by atoms with E-state index in [0.717, 1.165) is 22.1 Å². The predicted molar refractivity (Wildman–Crippen MR) is 114 cm³/mol. The average molecular weight is 452 g/mol. The molecule has 0 aromatic heterocycles. The second kappa shape index (κ2) is 9.54. The van der Waals surface area contributed by atoms with Gasteiger partial charge in [-0.1, -0.05) is 42.8 Å².